The second-order valence-corrected chi connectivity index (χ2v) is 5.44. The molecular weight excluding hydrogens is 234 g/mol. The molecule has 1 aliphatic heterocycles. The molecule has 4 heteroatoms. The first-order chi connectivity index (χ1) is 8.05. The van der Waals surface area contributed by atoms with Crippen LogP contribution in [0.2, 0.25) is 5.02 Å². The van der Waals surface area contributed by atoms with Crippen molar-refractivity contribution < 1.29 is 0 Å². The first kappa shape index (κ1) is 10.8. The van der Waals surface area contributed by atoms with Crippen molar-refractivity contribution in [2.75, 3.05) is 18.0 Å². The molecule has 3 rings (SSSR count). The average molecular weight is 248 g/mol. The molecule has 2 N–H and O–H groups in total. The summed E-state index contributed by atoms with van der Waals surface area (Å²) in [6.45, 7) is 3.84. The van der Waals surface area contributed by atoms with Crippen molar-refractivity contribution in [1.82, 2.24) is 4.98 Å². The smallest absolute Gasteiger partial charge is 0.0737 e. The third-order valence-electron chi connectivity index (χ3n) is 3.13. The standard InChI is InChI=1S/C13H14ClN3/c1-13(15)7-17(8-13)12-4-5-16-11-6-9(14)2-3-10(11)12/h2-6H,7-8,15H2,1H3. The monoisotopic (exact) mass is 247 g/mol. The SMILES string of the molecule is CC1(N)CN(c2ccnc3cc(Cl)ccc23)C1. The molecule has 88 valence electrons. The van der Waals surface area contributed by atoms with Crippen molar-refractivity contribution in [3.05, 3.63) is 35.5 Å². The molecule has 1 saturated heterocycles. The van der Waals surface area contributed by atoms with Gasteiger partial charge in [0.05, 0.1) is 5.52 Å². The Kier molecular flexibility index (Phi) is 2.28. The van der Waals surface area contributed by atoms with Gasteiger partial charge in [-0.2, -0.15) is 0 Å². The molecule has 1 aliphatic rings. The van der Waals surface area contributed by atoms with Crippen molar-refractivity contribution in [3.8, 4) is 0 Å². The van der Waals surface area contributed by atoms with Gasteiger partial charge in [-0.05, 0) is 31.2 Å². The van der Waals surface area contributed by atoms with Crippen molar-refractivity contribution >= 4 is 28.2 Å². The molecule has 0 spiro atoms. The zero-order valence-electron chi connectivity index (χ0n) is 9.65. The Morgan fingerprint density at radius 3 is 2.82 bits per heavy atom. The molecule has 2 aromatic rings. The van der Waals surface area contributed by atoms with E-state index in [0.717, 1.165) is 29.0 Å². The van der Waals surface area contributed by atoms with Gasteiger partial charge < -0.3 is 10.6 Å². The Balaban J connectivity index is 2.06. The molecule has 17 heavy (non-hydrogen) atoms. The number of rotatable bonds is 1. The Bertz CT molecular complexity index is 572. The van der Waals surface area contributed by atoms with E-state index in [9.17, 15) is 0 Å². The van der Waals surface area contributed by atoms with Gasteiger partial charge in [0.15, 0.2) is 0 Å². The molecular formula is C13H14ClN3. The van der Waals surface area contributed by atoms with Crippen LogP contribution < -0.4 is 10.6 Å². The highest BCUT2D eigenvalue weighted by Crippen LogP contribution is 2.32. The summed E-state index contributed by atoms with van der Waals surface area (Å²) in [5.74, 6) is 0. The highest BCUT2D eigenvalue weighted by atomic mass is 35.5. The maximum absolute atomic E-state index is 6.04. The number of aromatic nitrogens is 1. The van der Waals surface area contributed by atoms with Crippen LogP contribution in [0.4, 0.5) is 5.69 Å². The van der Waals surface area contributed by atoms with Gasteiger partial charge >= 0.3 is 0 Å². The first-order valence-corrected chi connectivity index (χ1v) is 6.01. The van der Waals surface area contributed by atoms with E-state index in [0.29, 0.717) is 0 Å². The lowest BCUT2D eigenvalue weighted by atomic mass is 9.92. The highest BCUT2D eigenvalue weighted by Gasteiger charge is 2.35. The van der Waals surface area contributed by atoms with Crippen molar-refractivity contribution in [3.63, 3.8) is 0 Å². The van der Waals surface area contributed by atoms with Crippen molar-refractivity contribution in [1.29, 1.82) is 0 Å². The molecule has 3 nitrogen and oxygen atoms in total. The fourth-order valence-electron chi connectivity index (χ4n) is 2.38. The number of fused-ring (bicyclic) bond motifs is 1. The van der Waals surface area contributed by atoms with Crippen LogP contribution in [0.3, 0.4) is 0 Å². The summed E-state index contributed by atoms with van der Waals surface area (Å²) in [4.78, 5) is 6.61. The topological polar surface area (TPSA) is 42.1 Å². The molecule has 2 heterocycles. The molecule has 0 atom stereocenters. The largest absolute Gasteiger partial charge is 0.367 e. The first-order valence-electron chi connectivity index (χ1n) is 5.63. The summed E-state index contributed by atoms with van der Waals surface area (Å²) in [5.41, 5.74) is 8.09. The van der Waals surface area contributed by atoms with Crippen LogP contribution in [0.5, 0.6) is 0 Å². The second kappa shape index (κ2) is 3.59. The minimum absolute atomic E-state index is 0.0674. The Morgan fingerprint density at radius 1 is 1.35 bits per heavy atom. The van der Waals surface area contributed by atoms with Crippen LogP contribution in [-0.4, -0.2) is 23.6 Å². The van der Waals surface area contributed by atoms with Gasteiger partial charge in [-0.3, -0.25) is 4.98 Å². The van der Waals surface area contributed by atoms with Crippen LogP contribution in [0.15, 0.2) is 30.5 Å². The van der Waals surface area contributed by atoms with E-state index in [2.05, 4.69) is 16.8 Å². The van der Waals surface area contributed by atoms with Gasteiger partial charge in [-0.25, -0.2) is 0 Å². The predicted octanol–water partition coefficient (Wildman–Crippen LogP) is 2.43. The van der Waals surface area contributed by atoms with Crippen LogP contribution in [-0.2, 0) is 0 Å². The average Bonchev–Trinajstić information content (AvgIpc) is 2.24. The fourth-order valence-corrected chi connectivity index (χ4v) is 2.54. The molecule has 0 amide bonds. The molecule has 1 aromatic carbocycles. The second-order valence-electron chi connectivity index (χ2n) is 5.00. The third-order valence-corrected chi connectivity index (χ3v) is 3.36. The third kappa shape index (κ3) is 1.85. The maximum atomic E-state index is 6.04. The van der Waals surface area contributed by atoms with E-state index >= 15 is 0 Å². The van der Waals surface area contributed by atoms with E-state index in [1.165, 1.54) is 5.69 Å². The fraction of sp³-hybridized carbons (Fsp3) is 0.308. The van der Waals surface area contributed by atoms with Gasteiger partial charge in [-0.1, -0.05) is 11.6 Å². The molecule has 0 bridgehead atoms. The number of hydrogen-bond donors (Lipinski definition) is 1. The normalized spacial score (nSPS) is 18.2. The van der Waals surface area contributed by atoms with E-state index in [1.54, 1.807) is 0 Å². The van der Waals surface area contributed by atoms with Crippen LogP contribution >= 0.6 is 11.6 Å². The summed E-state index contributed by atoms with van der Waals surface area (Å²) in [6.07, 6.45) is 1.82. The number of benzene rings is 1. The molecule has 0 saturated carbocycles. The molecule has 1 fully saturated rings. The summed E-state index contributed by atoms with van der Waals surface area (Å²) in [7, 11) is 0. The van der Waals surface area contributed by atoms with E-state index in [1.807, 2.05) is 30.5 Å². The molecule has 1 aromatic heterocycles. The number of nitrogens with two attached hydrogens (primary N) is 1. The Hall–Kier alpha value is -1.32. The van der Waals surface area contributed by atoms with Gasteiger partial charge in [0.25, 0.3) is 0 Å². The lowest BCUT2D eigenvalue weighted by molar-refractivity contribution is 0.366. The summed E-state index contributed by atoms with van der Waals surface area (Å²) < 4.78 is 0. The highest BCUT2D eigenvalue weighted by molar-refractivity contribution is 6.31. The number of pyridine rings is 1. The molecule has 0 radical (unpaired) electrons. The Morgan fingerprint density at radius 2 is 2.12 bits per heavy atom. The number of hydrogen-bond acceptors (Lipinski definition) is 3. The van der Waals surface area contributed by atoms with Gasteiger partial charge in [0, 0.05) is 40.9 Å². The number of nitrogens with zero attached hydrogens (tertiary/aromatic N) is 2. The van der Waals surface area contributed by atoms with Crippen LogP contribution in [0.1, 0.15) is 6.92 Å². The van der Waals surface area contributed by atoms with Gasteiger partial charge in [0.2, 0.25) is 0 Å². The van der Waals surface area contributed by atoms with Gasteiger partial charge in [0.1, 0.15) is 0 Å². The zero-order valence-corrected chi connectivity index (χ0v) is 10.4. The molecule has 0 aliphatic carbocycles. The van der Waals surface area contributed by atoms with E-state index < -0.39 is 0 Å². The van der Waals surface area contributed by atoms with Crippen molar-refractivity contribution in [2.45, 2.75) is 12.5 Å². The molecule has 0 unspecified atom stereocenters. The summed E-state index contributed by atoms with van der Waals surface area (Å²) in [5, 5.41) is 1.85. The van der Waals surface area contributed by atoms with Crippen LogP contribution in [0, 0.1) is 0 Å². The minimum atomic E-state index is -0.0674. The number of halogens is 1. The van der Waals surface area contributed by atoms with Crippen molar-refractivity contribution in [2.24, 2.45) is 5.73 Å². The minimum Gasteiger partial charge on any atom is -0.367 e. The maximum Gasteiger partial charge on any atom is 0.0737 e. The summed E-state index contributed by atoms with van der Waals surface area (Å²) >= 11 is 5.97. The number of anilines is 1. The predicted molar refractivity (Wildman–Crippen MR) is 71.6 cm³/mol. The Labute approximate surface area is 105 Å². The lowest BCUT2D eigenvalue weighted by Gasteiger charge is -2.47. The summed E-state index contributed by atoms with van der Waals surface area (Å²) in [6, 6.07) is 7.84. The lowest BCUT2D eigenvalue weighted by Crippen LogP contribution is -2.65. The van der Waals surface area contributed by atoms with E-state index in [-0.39, 0.29) is 5.54 Å². The van der Waals surface area contributed by atoms with E-state index in [4.69, 9.17) is 17.3 Å². The van der Waals surface area contributed by atoms with Crippen LogP contribution in [0.25, 0.3) is 10.9 Å². The quantitative estimate of drug-likeness (QED) is 0.842. The zero-order chi connectivity index (χ0) is 12.0. The van der Waals surface area contributed by atoms with Gasteiger partial charge in [-0.15, -0.1) is 0 Å².